The second-order valence-corrected chi connectivity index (χ2v) is 4.70. The van der Waals surface area contributed by atoms with Gasteiger partial charge in [-0.05, 0) is 19.1 Å². The maximum absolute atomic E-state index is 12.2. The summed E-state index contributed by atoms with van der Waals surface area (Å²) >= 11 is 0. The summed E-state index contributed by atoms with van der Waals surface area (Å²) < 4.78 is 6.78. The first-order valence-corrected chi connectivity index (χ1v) is 6.21. The van der Waals surface area contributed by atoms with Crippen LogP contribution in [-0.4, -0.2) is 32.2 Å². The van der Waals surface area contributed by atoms with E-state index in [4.69, 9.17) is 4.42 Å². The van der Waals surface area contributed by atoms with Crippen molar-refractivity contribution in [3.8, 4) is 0 Å². The number of aliphatic hydroxyl groups excluding tert-OH is 1. The van der Waals surface area contributed by atoms with E-state index in [1.807, 2.05) is 10.7 Å². The Hall–Kier alpha value is -2.08. The van der Waals surface area contributed by atoms with Crippen molar-refractivity contribution in [2.75, 3.05) is 6.54 Å². The molecule has 0 bridgehead atoms. The zero-order valence-corrected chi connectivity index (χ0v) is 10.6. The lowest BCUT2D eigenvalue weighted by atomic mass is 10.2. The smallest absolute Gasteiger partial charge is 0.257 e. The van der Waals surface area contributed by atoms with E-state index in [0.717, 1.165) is 5.69 Å². The summed E-state index contributed by atoms with van der Waals surface area (Å²) in [6.07, 6.45) is 2.36. The summed E-state index contributed by atoms with van der Waals surface area (Å²) in [5, 5.41) is 13.8. The van der Waals surface area contributed by atoms with E-state index < -0.39 is 6.10 Å². The third kappa shape index (κ3) is 2.15. The van der Waals surface area contributed by atoms with Crippen LogP contribution in [0.5, 0.6) is 0 Å². The van der Waals surface area contributed by atoms with Gasteiger partial charge < -0.3 is 14.4 Å². The Morgan fingerprint density at radius 3 is 3.05 bits per heavy atom. The van der Waals surface area contributed by atoms with Crippen LogP contribution >= 0.6 is 0 Å². The Morgan fingerprint density at radius 2 is 2.37 bits per heavy atom. The minimum absolute atomic E-state index is 0.0419. The van der Waals surface area contributed by atoms with Gasteiger partial charge in [-0.2, -0.15) is 5.10 Å². The average molecular weight is 261 g/mol. The van der Waals surface area contributed by atoms with Crippen molar-refractivity contribution in [1.82, 2.24) is 14.7 Å². The zero-order valence-electron chi connectivity index (χ0n) is 10.6. The molecule has 0 radical (unpaired) electrons. The zero-order chi connectivity index (χ0) is 13.4. The molecule has 0 spiro atoms. The van der Waals surface area contributed by atoms with Gasteiger partial charge in [0, 0.05) is 6.54 Å². The number of rotatable bonds is 2. The molecule has 2 aromatic heterocycles. The highest BCUT2D eigenvalue weighted by atomic mass is 16.3. The fourth-order valence-corrected chi connectivity index (χ4v) is 2.23. The van der Waals surface area contributed by atoms with E-state index in [-0.39, 0.29) is 5.91 Å². The molecule has 2 aromatic rings. The molecule has 6 heteroatoms. The summed E-state index contributed by atoms with van der Waals surface area (Å²) in [7, 11) is 0. The third-order valence-corrected chi connectivity index (χ3v) is 3.30. The van der Waals surface area contributed by atoms with Crippen LogP contribution in [0.2, 0.25) is 0 Å². The molecule has 0 saturated heterocycles. The first kappa shape index (κ1) is 12.0. The van der Waals surface area contributed by atoms with Crippen molar-refractivity contribution in [1.29, 1.82) is 0 Å². The molecule has 0 fully saturated rings. The highest BCUT2D eigenvalue weighted by Gasteiger charge is 2.24. The lowest BCUT2D eigenvalue weighted by Gasteiger charge is -2.27. The lowest BCUT2D eigenvalue weighted by Crippen LogP contribution is -2.38. The van der Waals surface area contributed by atoms with Crippen molar-refractivity contribution in [3.63, 3.8) is 0 Å². The second-order valence-electron chi connectivity index (χ2n) is 4.70. The topological polar surface area (TPSA) is 71.5 Å². The van der Waals surface area contributed by atoms with E-state index in [1.165, 1.54) is 12.5 Å². The van der Waals surface area contributed by atoms with Crippen molar-refractivity contribution >= 4 is 5.91 Å². The van der Waals surface area contributed by atoms with Crippen LogP contribution in [0.3, 0.4) is 0 Å². The van der Waals surface area contributed by atoms with E-state index in [9.17, 15) is 9.90 Å². The van der Waals surface area contributed by atoms with Crippen molar-refractivity contribution in [3.05, 3.63) is 41.6 Å². The van der Waals surface area contributed by atoms with Crippen LogP contribution in [0, 0.1) is 0 Å². The van der Waals surface area contributed by atoms with Crippen molar-refractivity contribution in [2.45, 2.75) is 26.1 Å². The van der Waals surface area contributed by atoms with Gasteiger partial charge in [-0.25, -0.2) is 0 Å². The lowest BCUT2D eigenvalue weighted by molar-refractivity contribution is 0.0705. The summed E-state index contributed by atoms with van der Waals surface area (Å²) in [4.78, 5) is 14.0. The number of nitrogens with zero attached hydrogens (tertiary/aromatic N) is 3. The molecule has 1 amide bonds. The number of hydrogen-bond acceptors (Lipinski definition) is 4. The largest absolute Gasteiger partial charge is 0.472 e. The molecular weight excluding hydrogens is 246 g/mol. The highest BCUT2D eigenvalue weighted by molar-refractivity contribution is 5.93. The minimum Gasteiger partial charge on any atom is -0.472 e. The molecular formula is C13H15N3O3. The molecule has 1 atom stereocenters. The number of fused-ring (bicyclic) bond motifs is 1. The SMILES string of the molecule is CC(O)c1cc2n(n1)CCN(C(=O)c1ccoc1)C2. The third-order valence-electron chi connectivity index (χ3n) is 3.30. The van der Waals surface area contributed by atoms with Crippen LogP contribution in [-0.2, 0) is 13.1 Å². The van der Waals surface area contributed by atoms with E-state index in [1.54, 1.807) is 17.9 Å². The molecule has 19 heavy (non-hydrogen) atoms. The molecule has 1 aliphatic heterocycles. The minimum atomic E-state index is -0.587. The van der Waals surface area contributed by atoms with Crippen molar-refractivity contribution < 1.29 is 14.3 Å². The van der Waals surface area contributed by atoms with Crippen LogP contribution in [0.1, 0.15) is 34.8 Å². The Kier molecular flexibility index (Phi) is 2.87. The number of aliphatic hydroxyl groups is 1. The van der Waals surface area contributed by atoms with Gasteiger partial charge in [0.15, 0.2) is 0 Å². The van der Waals surface area contributed by atoms with Crippen LogP contribution in [0.4, 0.5) is 0 Å². The summed E-state index contributed by atoms with van der Waals surface area (Å²) in [6, 6.07) is 3.51. The van der Waals surface area contributed by atoms with E-state index in [0.29, 0.717) is 30.9 Å². The molecule has 6 nitrogen and oxygen atoms in total. The van der Waals surface area contributed by atoms with Crippen LogP contribution in [0.15, 0.2) is 29.1 Å². The van der Waals surface area contributed by atoms with Crippen molar-refractivity contribution in [2.24, 2.45) is 0 Å². The molecule has 1 unspecified atom stereocenters. The predicted molar refractivity (Wildman–Crippen MR) is 66.3 cm³/mol. The number of furan rings is 1. The summed E-state index contributed by atoms with van der Waals surface area (Å²) in [5.74, 6) is -0.0419. The van der Waals surface area contributed by atoms with Gasteiger partial charge >= 0.3 is 0 Å². The summed E-state index contributed by atoms with van der Waals surface area (Å²) in [6.45, 7) is 3.44. The summed E-state index contributed by atoms with van der Waals surface area (Å²) in [5.41, 5.74) is 2.15. The molecule has 3 rings (SSSR count). The fraction of sp³-hybridized carbons (Fsp3) is 0.385. The number of aromatic nitrogens is 2. The molecule has 1 N–H and O–H groups in total. The Labute approximate surface area is 110 Å². The van der Waals surface area contributed by atoms with Crippen LogP contribution < -0.4 is 0 Å². The highest BCUT2D eigenvalue weighted by Crippen LogP contribution is 2.19. The van der Waals surface area contributed by atoms with Gasteiger partial charge in [0.25, 0.3) is 5.91 Å². The molecule has 0 saturated carbocycles. The molecule has 100 valence electrons. The normalized spacial score (nSPS) is 16.2. The Bertz CT molecular complexity index is 586. The first-order valence-electron chi connectivity index (χ1n) is 6.21. The maximum atomic E-state index is 12.2. The van der Waals surface area contributed by atoms with Gasteiger partial charge in [0.2, 0.25) is 0 Å². The predicted octanol–water partition coefficient (Wildman–Crippen LogP) is 1.19. The second kappa shape index (κ2) is 4.55. The molecule has 0 aliphatic carbocycles. The quantitative estimate of drug-likeness (QED) is 0.881. The monoisotopic (exact) mass is 261 g/mol. The van der Waals surface area contributed by atoms with Gasteiger partial charge in [-0.1, -0.05) is 0 Å². The Balaban J connectivity index is 1.80. The van der Waals surface area contributed by atoms with Crippen LogP contribution in [0.25, 0.3) is 0 Å². The number of carbonyl (C=O) groups is 1. The van der Waals surface area contributed by atoms with Gasteiger partial charge in [-0.3, -0.25) is 9.48 Å². The molecule has 1 aliphatic rings. The number of carbonyl (C=O) groups excluding carboxylic acids is 1. The first-order chi connectivity index (χ1) is 9.15. The number of amides is 1. The Morgan fingerprint density at radius 1 is 1.53 bits per heavy atom. The molecule has 0 aromatic carbocycles. The van der Waals surface area contributed by atoms with E-state index in [2.05, 4.69) is 5.10 Å². The fourth-order valence-electron chi connectivity index (χ4n) is 2.23. The van der Waals surface area contributed by atoms with E-state index >= 15 is 0 Å². The number of hydrogen-bond donors (Lipinski definition) is 1. The van der Waals surface area contributed by atoms with Gasteiger partial charge in [0.05, 0.1) is 42.4 Å². The standard InChI is InChI=1S/C13H15N3O3/c1-9(17)12-6-11-7-15(3-4-16(11)14-12)13(18)10-2-5-19-8-10/h2,5-6,8-9,17H,3-4,7H2,1H3. The average Bonchev–Trinajstić information content (AvgIpc) is 3.06. The van der Waals surface area contributed by atoms with Gasteiger partial charge in [-0.15, -0.1) is 0 Å². The van der Waals surface area contributed by atoms with Gasteiger partial charge in [0.1, 0.15) is 6.26 Å². The molecule has 3 heterocycles. The maximum Gasteiger partial charge on any atom is 0.257 e.